The van der Waals surface area contributed by atoms with E-state index < -0.39 is 7.37 Å². The molecule has 0 saturated carbocycles. The van der Waals surface area contributed by atoms with E-state index in [1.54, 1.807) is 0 Å². The van der Waals surface area contributed by atoms with Crippen LogP contribution in [0.4, 0.5) is 0 Å². The molecule has 4 rings (SSSR count). The van der Waals surface area contributed by atoms with Crippen molar-refractivity contribution in [2.24, 2.45) is 0 Å². The average Bonchev–Trinajstić information content (AvgIpc) is 3.57. The fraction of sp³-hybridized carbons (Fsp3) is 0.727. The zero-order valence-corrected chi connectivity index (χ0v) is 19.3. The van der Waals surface area contributed by atoms with E-state index in [1.807, 2.05) is 14.7 Å². The molecule has 7 nitrogen and oxygen atoms in total. The second-order valence-electron chi connectivity index (χ2n) is 8.59. The highest BCUT2D eigenvalue weighted by atomic mass is 31.2. The number of ketones is 2. The van der Waals surface area contributed by atoms with Crippen LogP contribution >= 0.6 is 7.37 Å². The Kier molecular flexibility index (Phi) is 7.81. The van der Waals surface area contributed by atoms with Crippen LogP contribution in [0.3, 0.4) is 0 Å². The highest BCUT2D eigenvalue weighted by Crippen LogP contribution is 2.42. The number of Topliss-reactive ketones (excluding diaryl/α,β-unsaturated/α-hetero) is 1. The zero-order chi connectivity index (χ0) is 21.7. The van der Waals surface area contributed by atoms with Crippen molar-refractivity contribution in [2.75, 3.05) is 51.6 Å². The van der Waals surface area contributed by atoms with Gasteiger partial charge in [-0.15, -0.1) is 0 Å². The Morgan fingerprint density at radius 3 is 1.87 bits per heavy atom. The molecule has 0 spiro atoms. The van der Waals surface area contributed by atoms with Crippen LogP contribution in [0.15, 0.2) is 23.2 Å². The van der Waals surface area contributed by atoms with Crippen molar-refractivity contribution >= 4 is 18.9 Å². The first-order valence-corrected chi connectivity index (χ1v) is 13.5. The van der Waals surface area contributed by atoms with Gasteiger partial charge in [0.2, 0.25) is 18.9 Å². The van der Waals surface area contributed by atoms with E-state index in [4.69, 9.17) is 0 Å². The SMILES string of the molecule is CCCCCCP(=O)(O)CCCC.O=C1C=C(N2CC2)C(=O)C(N2CC2)=C1N1CC1. The van der Waals surface area contributed by atoms with Gasteiger partial charge in [-0.2, -0.15) is 0 Å². The number of hydrogen-bond donors (Lipinski definition) is 1. The molecule has 1 atom stereocenters. The lowest BCUT2D eigenvalue weighted by Crippen LogP contribution is -2.29. The van der Waals surface area contributed by atoms with Crippen LogP contribution in [0.2, 0.25) is 0 Å². The summed E-state index contributed by atoms with van der Waals surface area (Å²) in [6.45, 7) is 9.61. The summed E-state index contributed by atoms with van der Waals surface area (Å²) in [4.78, 5) is 40.0. The molecule has 0 aromatic rings. The predicted molar refractivity (Wildman–Crippen MR) is 118 cm³/mol. The standard InChI is InChI=1S/C12H13N3O2.C10H23O2P/c16-9-7-8(13-1-2-13)12(17)11(15-5-6-15)10(9)14-3-4-14;1-3-5-7-8-10-13(11,12)9-6-4-2/h7H,1-6H2;3-10H2,1-2H3,(H,11,12). The van der Waals surface area contributed by atoms with Crippen LogP contribution < -0.4 is 0 Å². The van der Waals surface area contributed by atoms with Crippen LogP contribution in [-0.2, 0) is 14.2 Å². The quantitative estimate of drug-likeness (QED) is 0.230. The van der Waals surface area contributed by atoms with Crippen LogP contribution in [0.5, 0.6) is 0 Å². The number of hydrogen-bond acceptors (Lipinski definition) is 6. The lowest BCUT2D eigenvalue weighted by atomic mass is 10.0. The molecule has 1 N–H and O–H groups in total. The normalized spacial score (nSPS) is 21.8. The lowest BCUT2D eigenvalue weighted by Gasteiger charge is -2.21. The van der Waals surface area contributed by atoms with Crippen molar-refractivity contribution in [3.8, 4) is 0 Å². The van der Waals surface area contributed by atoms with Gasteiger partial charge in [-0.05, 0) is 12.8 Å². The Balaban J connectivity index is 0.000000180. The fourth-order valence-electron chi connectivity index (χ4n) is 3.58. The summed E-state index contributed by atoms with van der Waals surface area (Å²) in [5, 5.41) is 0. The Hall–Kier alpha value is -1.59. The minimum Gasteiger partial charge on any atom is -0.365 e. The van der Waals surface area contributed by atoms with Crippen molar-refractivity contribution in [3.63, 3.8) is 0 Å². The molecule has 0 bridgehead atoms. The van der Waals surface area contributed by atoms with Gasteiger partial charge in [0.25, 0.3) is 0 Å². The zero-order valence-electron chi connectivity index (χ0n) is 18.4. The van der Waals surface area contributed by atoms with E-state index >= 15 is 0 Å². The smallest absolute Gasteiger partial charge is 0.227 e. The Labute approximate surface area is 180 Å². The minimum absolute atomic E-state index is 0.00546. The van der Waals surface area contributed by atoms with Gasteiger partial charge in [-0.1, -0.05) is 39.5 Å². The molecule has 3 saturated heterocycles. The third kappa shape index (κ3) is 6.45. The van der Waals surface area contributed by atoms with Crippen molar-refractivity contribution < 1.29 is 19.0 Å². The van der Waals surface area contributed by atoms with E-state index in [1.165, 1.54) is 18.9 Å². The molecule has 0 aromatic heterocycles. The summed E-state index contributed by atoms with van der Waals surface area (Å²) in [5.74, 6) is 0.0485. The molecule has 0 aromatic carbocycles. The molecular weight excluding hydrogens is 401 g/mol. The minimum atomic E-state index is -2.75. The summed E-state index contributed by atoms with van der Waals surface area (Å²) in [7, 11) is -2.75. The maximum atomic E-state index is 12.4. The molecule has 1 aliphatic carbocycles. The molecule has 3 aliphatic heterocycles. The van der Waals surface area contributed by atoms with Crippen LogP contribution in [0, 0.1) is 0 Å². The molecule has 0 amide bonds. The summed E-state index contributed by atoms with van der Waals surface area (Å²) in [6, 6.07) is 0. The number of carbonyl (C=O) groups excluding carboxylic acids is 2. The lowest BCUT2D eigenvalue weighted by molar-refractivity contribution is -0.117. The van der Waals surface area contributed by atoms with E-state index in [-0.39, 0.29) is 11.6 Å². The molecule has 3 heterocycles. The van der Waals surface area contributed by atoms with Gasteiger partial charge in [-0.25, -0.2) is 0 Å². The van der Waals surface area contributed by atoms with Gasteiger partial charge < -0.3 is 19.6 Å². The molecule has 168 valence electrons. The van der Waals surface area contributed by atoms with Gasteiger partial charge in [0, 0.05) is 57.7 Å². The summed E-state index contributed by atoms with van der Waals surface area (Å²) in [5.41, 5.74) is 1.89. The maximum Gasteiger partial charge on any atom is 0.227 e. The molecular formula is C22H36N3O4P. The second-order valence-corrected chi connectivity index (χ2v) is 11.2. The highest BCUT2D eigenvalue weighted by molar-refractivity contribution is 7.57. The highest BCUT2D eigenvalue weighted by Gasteiger charge is 2.43. The number of unbranched alkanes of at least 4 members (excludes halogenated alkanes) is 4. The Morgan fingerprint density at radius 1 is 0.800 bits per heavy atom. The van der Waals surface area contributed by atoms with Crippen molar-refractivity contribution in [1.82, 2.24) is 14.7 Å². The van der Waals surface area contributed by atoms with E-state index in [0.29, 0.717) is 29.4 Å². The van der Waals surface area contributed by atoms with Gasteiger partial charge in [0.15, 0.2) is 0 Å². The monoisotopic (exact) mass is 437 g/mol. The third-order valence-corrected chi connectivity index (χ3v) is 7.74. The first kappa shape index (κ1) is 23.1. The van der Waals surface area contributed by atoms with Crippen LogP contribution in [0.1, 0.15) is 52.4 Å². The largest absolute Gasteiger partial charge is 0.365 e. The maximum absolute atomic E-state index is 12.4. The van der Waals surface area contributed by atoms with Gasteiger partial charge in [0.1, 0.15) is 11.4 Å². The topological polar surface area (TPSA) is 80.5 Å². The number of rotatable bonds is 11. The van der Waals surface area contributed by atoms with Gasteiger partial charge >= 0.3 is 0 Å². The number of nitrogens with zero attached hydrogens (tertiary/aromatic N) is 3. The van der Waals surface area contributed by atoms with Crippen molar-refractivity contribution in [1.29, 1.82) is 0 Å². The molecule has 0 radical (unpaired) electrons. The molecule has 1 unspecified atom stereocenters. The summed E-state index contributed by atoms with van der Waals surface area (Å²) < 4.78 is 11.5. The van der Waals surface area contributed by atoms with Crippen LogP contribution in [-0.4, -0.2) is 82.8 Å². The number of allylic oxidation sites excluding steroid dienone is 1. The predicted octanol–water partition coefficient (Wildman–Crippen LogP) is 2.82. The van der Waals surface area contributed by atoms with Gasteiger partial charge in [0.05, 0.1) is 5.70 Å². The van der Waals surface area contributed by atoms with E-state index in [0.717, 1.165) is 65.0 Å². The van der Waals surface area contributed by atoms with Crippen molar-refractivity contribution in [3.05, 3.63) is 23.2 Å². The molecule has 3 fully saturated rings. The summed E-state index contributed by atoms with van der Waals surface area (Å²) in [6.07, 6.45) is 8.89. The molecule has 4 aliphatic rings. The average molecular weight is 438 g/mol. The van der Waals surface area contributed by atoms with Gasteiger partial charge in [-0.3, -0.25) is 14.2 Å². The Morgan fingerprint density at radius 2 is 1.33 bits per heavy atom. The first-order valence-electron chi connectivity index (χ1n) is 11.5. The molecule has 8 heteroatoms. The number of carbonyl (C=O) groups is 2. The van der Waals surface area contributed by atoms with E-state index in [2.05, 4.69) is 13.8 Å². The Bertz CT molecular complexity index is 764. The first-order chi connectivity index (χ1) is 14.4. The van der Waals surface area contributed by atoms with E-state index in [9.17, 15) is 19.0 Å². The summed E-state index contributed by atoms with van der Waals surface area (Å²) >= 11 is 0. The molecule has 30 heavy (non-hydrogen) atoms. The second kappa shape index (κ2) is 10.1. The third-order valence-electron chi connectivity index (χ3n) is 5.71. The van der Waals surface area contributed by atoms with Crippen LogP contribution in [0.25, 0.3) is 0 Å². The fourth-order valence-corrected chi connectivity index (χ4v) is 5.33. The van der Waals surface area contributed by atoms with Crippen molar-refractivity contribution in [2.45, 2.75) is 52.4 Å².